The number of unbranched alkanes of at least 4 members (excludes halogenated alkanes) is 54. The quantitative estimate of drug-likeness (QED) is 0.0320. The molecule has 0 aliphatic carbocycles. The lowest BCUT2D eigenvalue weighted by atomic mass is 10.0. The van der Waals surface area contributed by atoms with E-state index in [-0.39, 0.29) is 18.5 Å². The van der Waals surface area contributed by atoms with Crippen molar-refractivity contribution in [1.82, 2.24) is 5.32 Å². The molecule has 1 amide bonds. The van der Waals surface area contributed by atoms with Crippen molar-refractivity contribution in [3.63, 3.8) is 0 Å². The van der Waals surface area contributed by atoms with E-state index >= 15 is 0 Å². The van der Waals surface area contributed by atoms with Crippen molar-refractivity contribution in [3.05, 3.63) is 24.3 Å². The zero-order chi connectivity index (χ0) is 56.4. The Balaban J connectivity index is 3.35. The van der Waals surface area contributed by atoms with Gasteiger partial charge in [-0.2, -0.15) is 0 Å². The van der Waals surface area contributed by atoms with Crippen molar-refractivity contribution in [2.45, 2.75) is 411 Å². The van der Waals surface area contributed by atoms with Crippen molar-refractivity contribution in [2.24, 2.45) is 0 Å². The maximum Gasteiger partial charge on any atom is 0.305 e. The topological polar surface area (TPSA) is 95.9 Å². The Morgan fingerprint density at radius 3 is 0.910 bits per heavy atom. The molecule has 6 heteroatoms. The van der Waals surface area contributed by atoms with Crippen LogP contribution in [0.3, 0.4) is 0 Å². The highest BCUT2D eigenvalue weighted by Gasteiger charge is 2.18. The molecule has 462 valence electrons. The monoisotopic (exact) mass is 1100 g/mol. The summed E-state index contributed by atoms with van der Waals surface area (Å²) in [7, 11) is 0. The van der Waals surface area contributed by atoms with Gasteiger partial charge in [0.1, 0.15) is 0 Å². The lowest BCUT2D eigenvalue weighted by Crippen LogP contribution is -2.45. The predicted molar refractivity (Wildman–Crippen MR) is 343 cm³/mol. The minimum absolute atomic E-state index is 0.0119. The molecule has 0 aliphatic heterocycles. The summed E-state index contributed by atoms with van der Waals surface area (Å²) in [6.45, 7) is 4.93. The second kappa shape index (κ2) is 67.8. The Morgan fingerprint density at radius 1 is 0.346 bits per heavy atom. The van der Waals surface area contributed by atoms with E-state index in [1.165, 1.54) is 327 Å². The summed E-state index contributed by atoms with van der Waals surface area (Å²) in [6, 6.07) is -0.625. The van der Waals surface area contributed by atoms with Crippen molar-refractivity contribution in [3.8, 4) is 0 Å². The number of nitrogens with one attached hydrogen (secondary N) is 1. The van der Waals surface area contributed by atoms with Gasteiger partial charge in [-0.05, 0) is 57.8 Å². The molecule has 0 spiro atoms. The van der Waals surface area contributed by atoms with Crippen molar-refractivity contribution in [1.29, 1.82) is 0 Å². The van der Waals surface area contributed by atoms with E-state index in [4.69, 9.17) is 4.74 Å². The molecular formula is C72H139NO5. The van der Waals surface area contributed by atoms with Crippen LogP contribution in [0.1, 0.15) is 399 Å². The zero-order valence-electron chi connectivity index (χ0n) is 52.9. The predicted octanol–water partition coefficient (Wildman–Crippen LogP) is 22.9. The normalized spacial score (nSPS) is 12.6. The molecule has 0 radical (unpaired) electrons. The third kappa shape index (κ3) is 63.5. The molecule has 6 nitrogen and oxygen atoms in total. The molecular weight excluding hydrogens is 959 g/mol. The highest BCUT2D eigenvalue weighted by molar-refractivity contribution is 5.76. The summed E-state index contributed by atoms with van der Waals surface area (Å²) in [5, 5.41) is 23.2. The van der Waals surface area contributed by atoms with Crippen LogP contribution in [-0.4, -0.2) is 47.4 Å². The molecule has 0 aromatic rings. The fourth-order valence-electron chi connectivity index (χ4n) is 11.3. The van der Waals surface area contributed by atoms with E-state index in [0.29, 0.717) is 19.4 Å². The van der Waals surface area contributed by atoms with Crippen molar-refractivity contribution < 1.29 is 24.5 Å². The van der Waals surface area contributed by atoms with Crippen LogP contribution in [0.4, 0.5) is 0 Å². The second-order valence-corrected chi connectivity index (χ2v) is 24.6. The first kappa shape index (κ1) is 76.3. The molecule has 0 bridgehead atoms. The number of hydrogen-bond acceptors (Lipinski definition) is 5. The average molecular weight is 1100 g/mol. The Hall–Kier alpha value is -1.66. The fraction of sp³-hybridized carbons (Fsp3) is 0.917. The van der Waals surface area contributed by atoms with Gasteiger partial charge in [0, 0.05) is 12.8 Å². The van der Waals surface area contributed by atoms with Gasteiger partial charge >= 0.3 is 5.97 Å². The van der Waals surface area contributed by atoms with Crippen LogP contribution in [0, 0.1) is 0 Å². The van der Waals surface area contributed by atoms with E-state index < -0.39 is 12.1 Å². The summed E-state index contributed by atoms with van der Waals surface area (Å²) >= 11 is 0. The Bertz CT molecular complexity index is 1220. The van der Waals surface area contributed by atoms with Gasteiger partial charge < -0.3 is 20.3 Å². The largest absolute Gasteiger partial charge is 0.466 e. The van der Waals surface area contributed by atoms with Gasteiger partial charge in [-0.15, -0.1) is 0 Å². The van der Waals surface area contributed by atoms with Crippen LogP contribution in [-0.2, 0) is 14.3 Å². The summed E-state index contributed by atoms with van der Waals surface area (Å²) < 4.78 is 5.49. The number of ether oxygens (including phenoxy) is 1. The Morgan fingerprint density at radius 2 is 0.603 bits per heavy atom. The van der Waals surface area contributed by atoms with Crippen LogP contribution < -0.4 is 5.32 Å². The maximum absolute atomic E-state index is 12.5. The van der Waals surface area contributed by atoms with Gasteiger partial charge in [0.2, 0.25) is 5.91 Å². The van der Waals surface area contributed by atoms with Gasteiger partial charge in [-0.25, -0.2) is 0 Å². The third-order valence-corrected chi connectivity index (χ3v) is 16.7. The van der Waals surface area contributed by atoms with Crippen LogP contribution in [0.5, 0.6) is 0 Å². The Labute approximate surface area is 488 Å². The summed E-state index contributed by atoms with van der Waals surface area (Å²) in [5.74, 6) is -0.0494. The zero-order valence-corrected chi connectivity index (χ0v) is 52.9. The molecule has 2 atom stereocenters. The number of hydrogen-bond donors (Lipinski definition) is 3. The number of esters is 1. The molecule has 0 aromatic carbocycles. The first-order chi connectivity index (χ1) is 38.5. The smallest absolute Gasteiger partial charge is 0.305 e. The van der Waals surface area contributed by atoms with Gasteiger partial charge in [-0.3, -0.25) is 9.59 Å². The van der Waals surface area contributed by atoms with Crippen LogP contribution in [0.2, 0.25) is 0 Å². The molecule has 0 heterocycles. The number of carbonyl (C=O) groups excluding carboxylic acids is 2. The highest BCUT2D eigenvalue weighted by Crippen LogP contribution is 2.19. The molecule has 0 fully saturated rings. The average Bonchev–Trinajstić information content (AvgIpc) is 3.44. The fourth-order valence-corrected chi connectivity index (χ4v) is 11.3. The van der Waals surface area contributed by atoms with Crippen LogP contribution >= 0.6 is 0 Å². The molecule has 0 saturated heterocycles. The number of aliphatic hydroxyl groups is 2. The highest BCUT2D eigenvalue weighted by atomic mass is 16.5. The van der Waals surface area contributed by atoms with E-state index in [2.05, 4.69) is 31.3 Å². The number of rotatable bonds is 67. The standard InChI is InChI=1S/C72H139NO5/c1-3-5-7-9-11-13-15-17-19-33-37-40-44-48-52-56-60-64-70(75)69(68-74)73-71(76)65-61-57-53-49-45-41-38-34-31-29-27-25-23-21-20-22-24-26-28-30-32-35-39-43-47-51-55-59-63-67-78-72(77)66-62-58-54-50-46-42-36-18-16-14-12-10-8-6-4-2/h18,36,60,64,69-70,74-75H,3-17,19-35,37-59,61-63,65-68H2,1-2H3,(H,73,76)/b36-18-,64-60+. The van der Waals surface area contributed by atoms with E-state index in [9.17, 15) is 19.8 Å². The molecule has 0 aromatic heterocycles. The van der Waals surface area contributed by atoms with E-state index in [1.54, 1.807) is 6.08 Å². The molecule has 2 unspecified atom stereocenters. The van der Waals surface area contributed by atoms with Crippen LogP contribution in [0.15, 0.2) is 24.3 Å². The SMILES string of the molecule is CCCCCCCC/C=C\CCCCCCCC(=O)OCCCCCCCCCCCCCCCCCCCCCCCCCCCCCCCC(=O)NC(CO)C(O)/C=C/CCCCCCCCCCCCCCCCC. The van der Waals surface area contributed by atoms with Gasteiger partial charge in [-0.1, -0.05) is 353 Å². The van der Waals surface area contributed by atoms with E-state index in [0.717, 1.165) is 44.9 Å². The minimum Gasteiger partial charge on any atom is -0.466 e. The molecule has 0 saturated carbocycles. The summed E-state index contributed by atoms with van der Waals surface area (Å²) in [5.41, 5.74) is 0. The second-order valence-electron chi connectivity index (χ2n) is 24.6. The van der Waals surface area contributed by atoms with Gasteiger partial charge in [0.05, 0.1) is 25.4 Å². The van der Waals surface area contributed by atoms with Gasteiger partial charge in [0.15, 0.2) is 0 Å². The number of carbonyl (C=O) groups is 2. The van der Waals surface area contributed by atoms with Crippen molar-refractivity contribution in [2.75, 3.05) is 13.2 Å². The lowest BCUT2D eigenvalue weighted by Gasteiger charge is -2.20. The minimum atomic E-state index is -0.842. The molecule has 0 aliphatic rings. The number of aliphatic hydroxyl groups excluding tert-OH is 2. The molecule has 78 heavy (non-hydrogen) atoms. The molecule has 3 N–H and O–H groups in total. The number of amides is 1. The summed E-state index contributed by atoms with van der Waals surface area (Å²) in [6.07, 6.45) is 85.5. The van der Waals surface area contributed by atoms with Crippen molar-refractivity contribution >= 4 is 11.9 Å². The van der Waals surface area contributed by atoms with Gasteiger partial charge in [0.25, 0.3) is 0 Å². The third-order valence-electron chi connectivity index (χ3n) is 16.7. The lowest BCUT2D eigenvalue weighted by molar-refractivity contribution is -0.143. The first-order valence-electron chi connectivity index (χ1n) is 35.6. The van der Waals surface area contributed by atoms with E-state index in [1.807, 2.05) is 6.08 Å². The number of allylic oxidation sites excluding steroid dienone is 3. The maximum atomic E-state index is 12.5. The summed E-state index contributed by atoms with van der Waals surface area (Å²) in [4.78, 5) is 24.6. The Kier molecular flexibility index (Phi) is 66.4. The first-order valence-corrected chi connectivity index (χ1v) is 35.6. The molecule has 0 rings (SSSR count). The van der Waals surface area contributed by atoms with Crippen LogP contribution in [0.25, 0.3) is 0 Å².